The van der Waals surface area contributed by atoms with E-state index in [2.05, 4.69) is 5.10 Å². The van der Waals surface area contributed by atoms with Crippen molar-refractivity contribution in [2.75, 3.05) is 7.11 Å². The van der Waals surface area contributed by atoms with E-state index in [1.165, 1.54) is 12.3 Å². The van der Waals surface area contributed by atoms with Gasteiger partial charge < -0.3 is 4.74 Å². The molecule has 0 amide bonds. The Kier molecular flexibility index (Phi) is 3.49. The maximum atomic E-state index is 11.3. The Morgan fingerprint density at radius 3 is 3.07 bits per heavy atom. The zero-order chi connectivity index (χ0) is 10.4. The second-order valence-electron chi connectivity index (χ2n) is 2.45. The van der Waals surface area contributed by atoms with Gasteiger partial charge in [-0.15, -0.1) is 0 Å². The molecule has 0 saturated carbocycles. The van der Waals surface area contributed by atoms with Crippen molar-refractivity contribution in [3.8, 4) is 5.75 Å². The Labute approximate surface area is 80.9 Å². The molecule has 0 fully saturated rings. The van der Waals surface area contributed by atoms with Crippen LogP contribution in [0.4, 0.5) is 0 Å². The quantitative estimate of drug-likeness (QED) is 0.314. The molecule has 72 valence electrons. The molecule has 0 saturated heterocycles. The van der Waals surface area contributed by atoms with Crippen molar-refractivity contribution in [2.24, 2.45) is 5.10 Å². The molecule has 1 aromatic rings. The topological polar surface area (TPSA) is 74.9 Å². The first-order valence-corrected chi connectivity index (χ1v) is 3.88. The van der Waals surface area contributed by atoms with Crippen LogP contribution in [0.5, 0.6) is 5.75 Å². The molecule has 0 unspecified atom stereocenters. The van der Waals surface area contributed by atoms with Crippen LogP contribution in [0.2, 0.25) is 0 Å². The van der Waals surface area contributed by atoms with E-state index in [0.717, 1.165) is 6.21 Å². The molecule has 5 heteroatoms. The van der Waals surface area contributed by atoms with Crippen molar-refractivity contribution in [1.82, 2.24) is 0 Å². The van der Waals surface area contributed by atoms with Crippen LogP contribution >= 0.6 is 0 Å². The summed E-state index contributed by atoms with van der Waals surface area (Å²) in [7, 11) is 1.52. The number of hydrogen-bond donors (Lipinski definition) is 1. The lowest BCUT2D eigenvalue weighted by molar-refractivity contribution is -0.485. The number of ketones is 1. The van der Waals surface area contributed by atoms with Gasteiger partial charge in [0.1, 0.15) is 5.75 Å². The molecule has 0 aliphatic carbocycles. The van der Waals surface area contributed by atoms with E-state index >= 15 is 0 Å². The molecule has 5 nitrogen and oxygen atoms in total. The second kappa shape index (κ2) is 4.86. The van der Waals surface area contributed by atoms with Gasteiger partial charge in [-0.1, -0.05) is 12.1 Å². The summed E-state index contributed by atoms with van der Waals surface area (Å²) in [6.45, 7) is 0. The third-order valence-electron chi connectivity index (χ3n) is 1.59. The van der Waals surface area contributed by atoms with E-state index < -0.39 is 0 Å². The Morgan fingerprint density at radius 1 is 1.64 bits per heavy atom. The van der Waals surface area contributed by atoms with Crippen molar-refractivity contribution in [3.05, 3.63) is 35.4 Å². The molecule has 0 aliphatic heterocycles. The lowest BCUT2D eigenvalue weighted by Gasteiger charge is -2.00. The molecule has 0 atom stereocenters. The van der Waals surface area contributed by atoms with Crippen LogP contribution in [0.25, 0.3) is 5.53 Å². The molecule has 0 radical (unpaired) electrons. The number of rotatable bonds is 4. The maximum absolute atomic E-state index is 11.3. The van der Waals surface area contributed by atoms with Crippen molar-refractivity contribution in [2.45, 2.75) is 0 Å². The third kappa shape index (κ3) is 2.48. The van der Waals surface area contributed by atoms with Crippen molar-refractivity contribution in [1.29, 1.82) is 0 Å². The highest BCUT2D eigenvalue weighted by molar-refractivity contribution is 6.35. The van der Waals surface area contributed by atoms with Gasteiger partial charge in [0.25, 0.3) is 0 Å². The molecule has 0 bridgehead atoms. The van der Waals surface area contributed by atoms with Crippen LogP contribution in [0.1, 0.15) is 10.4 Å². The van der Waals surface area contributed by atoms with E-state index in [4.69, 9.17) is 10.3 Å². The molecule has 14 heavy (non-hydrogen) atoms. The van der Waals surface area contributed by atoms with E-state index in [0.29, 0.717) is 11.3 Å². The Morgan fingerprint density at radius 2 is 2.43 bits per heavy atom. The van der Waals surface area contributed by atoms with Gasteiger partial charge in [-0.25, -0.2) is 0 Å². The van der Waals surface area contributed by atoms with E-state index in [1.807, 2.05) is 0 Å². The highest BCUT2D eigenvalue weighted by atomic mass is 16.5. The van der Waals surface area contributed by atoms with Crippen LogP contribution in [0.15, 0.2) is 29.4 Å². The highest BCUT2D eigenvalue weighted by Crippen LogP contribution is 2.12. The zero-order valence-electron chi connectivity index (χ0n) is 7.60. The first-order chi connectivity index (χ1) is 6.77. The molecule has 1 rings (SSSR count). The fourth-order valence-electron chi connectivity index (χ4n) is 0.938. The number of hydrogen-bond acceptors (Lipinski definition) is 2. The molecule has 1 N–H and O–H groups in total. The molecule has 0 heterocycles. The highest BCUT2D eigenvalue weighted by Gasteiger charge is 2.01. The van der Waals surface area contributed by atoms with Crippen LogP contribution in [-0.2, 0) is 0 Å². The number of carbonyl (C=O) groups is 1. The van der Waals surface area contributed by atoms with Crippen molar-refractivity contribution in [3.63, 3.8) is 0 Å². The Bertz CT molecular complexity index is 374. The number of ether oxygens (including phenoxy) is 1. The monoisotopic (exact) mass is 191 g/mol. The molecule has 0 aromatic heterocycles. The van der Waals surface area contributed by atoms with Crippen molar-refractivity contribution < 1.29 is 14.8 Å². The largest absolute Gasteiger partial charge is 0.497 e. The predicted molar refractivity (Wildman–Crippen MR) is 50.1 cm³/mol. The summed E-state index contributed by atoms with van der Waals surface area (Å²) in [5.74, 6) is 0.284. The smallest absolute Gasteiger partial charge is 0.187 e. The Balaban J connectivity index is 2.89. The standard InChI is InChI=1S/C9H9N3O2/c1-14-8-4-2-3-7(5-8)9(13)6-11-12-10/h2-6,12H,1H3. The zero-order valence-corrected chi connectivity index (χ0v) is 7.60. The summed E-state index contributed by atoms with van der Waals surface area (Å²) in [4.78, 5) is 11.3. The maximum Gasteiger partial charge on any atom is 0.187 e. The van der Waals surface area contributed by atoms with Gasteiger partial charge in [-0.05, 0) is 12.1 Å². The summed E-state index contributed by atoms with van der Waals surface area (Å²) in [6, 6.07) is 6.66. The van der Waals surface area contributed by atoms with E-state index in [-0.39, 0.29) is 5.78 Å². The fourth-order valence-corrected chi connectivity index (χ4v) is 0.938. The van der Waals surface area contributed by atoms with Gasteiger partial charge in [0, 0.05) is 11.8 Å². The van der Waals surface area contributed by atoms with Crippen molar-refractivity contribution >= 4 is 12.0 Å². The van der Waals surface area contributed by atoms with Gasteiger partial charge in [0.15, 0.2) is 5.78 Å². The van der Waals surface area contributed by atoms with Gasteiger partial charge in [0.2, 0.25) is 0 Å². The van der Waals surface area contributed by atoms with Gasteiger partial charge in [-0.2, -0.15) is 15.9 Å². The summed E-state index contributed by atoms with van der Waals surface area (Å²) < 4.78 is 4.95. The minimum atomic E-state index is -0.314. The second-order valence-corrected chi connectivity index (χ2v) is 2.45. The first kappa shape index (κ1) is 10.0. The average molecular weight is 191 g/mol. The minimum Gasteiger partial charge on any atom is -0.497 e. The summed E-state index contributed by atoms with van der Waals surface area (Å²) in [5, 5.41) is 4.71. The van der Waals surface area contributed by atoms with E-state index in [9.17, 15) is 4.79 Å². The van der Waals surface area contributed by atoms with Crippen LogP contribution in [-0.4, -0.2) is 19.1 Å². The third-order valence-corrected chi connectivity index (χ3v) is 1.59. The van der Waals surface area contributed by atoms with Gasteiger partial charge in [0.05, 0.1) is 7.11 Å². The summed E-state index contributed by atoms with van der Waals surface area (Å²) in [5.41, 5.74) is 8.59. The summed E-state index contributed by atoms with van der Waals surface area (Å²) in [6.07, 6.45) is 0.981. The minimum absolute atomic E-state index is 0.314. The SMILES string of the molecule is COc1cccc(C(=O)C=N[NH+]=[N-])c1. The number of methoxy groups -OCH3 is 1. The lowest BCUT2D eigenvalue weighted by atomic mass is 10.1. The van der Waals surface area contributed by atoms with E-state index in [1.54, 1.807) is 24.3 Å². The Hall–Kier alpha value is -2.04. The molecule has 0 spiro atoms. The van der Waals surface area contributed by atoms with Gasteiger partial charge >= 0.3 is 0 Å². The van der Waals surface area contributed by atoms with Crippen LogP contribution in [0.3, 0.4) is 0 Å². The number of hydrazone groups is 1. The lowest BCUT2D eigenvalue weighted by Crippen LogP contribution is -2.54. The predicted octanol–water partition coefficient (Wildman–Crippen LogP) is -0.0341. The van der Waals surface area contributed by atoms with Crippen LogP contribution in [0, 0.1) is 0 Å². The normalized spacial score (nSPS) is 10.1. The number of nitrogens with zero attached hydrogens (tertiary/aromatic N) is 2. The summed E-state index contributed by atoms with van der Waals surface area (Å²) >= 11 is 0. The number of nitrogens with one attached hydrogen (secondary N) is 1. The molecular formula is C9H9N3O2. The first-order valence-electron chi connectivity index (χ1n) is 3.88. The molecular weight excluding hydrogens is 182 g/mol. The molecule has 1 aromatic carbocycles. The fraction of sp³-hybridized carbons (Fsp3) is 0.111. The number of Topliss-reactive ketones (excluding diaryl/α,β-unsaturated/α-hetero) is 1. The average Bonchev–Trinajstić information content (AvgIpc) is 2.26. The van der Waals surface area contributed by atoms with Crippen LogP contribution < -0.4 is 9.96 Å². The number of carbonyl (C=O) groups excluding carboxylic acids is 1. The number of benzene rings is 1. The van der Waals surface area contributed by atoms with Gasteiger partial charge in [-0.3, -0.25) is 4.79 Å². The molecule has 0 aliphatic rings.